The van der Waals surface area contributed by atoms with Gasteiger partial charge in [-0.3, -0.25) is 14.5 Å². The molecule has 1 aromatic rings. The van der Waals surface area contributed by atoms with Gasteiger partial charge >= 0.3 is 24.3 Å². The molecule has 0 aromatic heterocycles. The molecule has 0 bridgehead atoms. The summed E-state index contributed by atoms with van der Waals surface area (Å²) in [5, 5.41) is 7.01. The number of rotatable bonds is 8. The van der Waals surface area contributed by atoms with Crippen LogP contribution in [0.15, 0.2) is 21.4 Å². The molecule has 270 valence electrons. The standard InChI is InChI=1S/C17H14ClF7O2.C10H18N4O4S3/c1-6-11(19)13(21)7(14(22)12(6)20)5-27-15(26)10-8(16(10,2)3)4-9(18)17(23,24)25;1-7(19-5)11-17-9(15)13(3)21-14(4)10(16)18-12-8(2)20-6/h4,8,10H,5H2,1-3H3;1-6H3/b9-4-;11-7-,12-8-. The summed E-state index contributed by atoms with van der Waals surface area (Å²) in [6.45, 7) is 6.10. The summed E-state index contributed by atoms with van der Waals surface area (Å²) >= 11 is 8.66. The lowest BCUT2D eigenvalue weighted by Crippen LogP contribution is -2.28. The molecule has 2 rings (SSSR count). The molecule has 1 fully saturated rings. The van der Waals surface area contributed by atoms with E-state index in [0.29, 0.717) is 16.2 Å². The van der Waals surface area contributed by atoms with Gasteiger partial charge in [-0.2, -0.15) is 13.2 Å². The van der Waals surface area contributed by atoms with E-state index < -0.39 is 87.6 Å². The summed E-state index contributed by atoms with van der Waals surface area (Å²) in [5.74, 6) is -9.68. The molecule has 0 heterocycles. The summed E-state index contributed by atoms with van der Waals surface area (Å²) < 4.78 is 99.0. The summed E-state index contributed by atoms with van der Waals surface area (Å²) in [4.78, 5) is 44.6. The van der Waals surface area contributed by atoms with Crippen LogP contribution in [0.25, 0.3) is 0 Å². The molecule has 2 atom stereocenters. The van der Waals surface area contributed by atoms with Gasteiger partial charge in [0, 0.05) is 19.7 Å². The first-order chi connectivity index (χ1) is 22.0. The average Bonchev–Trinajstić information content (AvgIpc) is 3.57. The minimum absolute atomic E-state index is 0.608. The van der Waals surface area contributed by atoms with Crippen LogP contribution in [-0.4, -0.2) is 69.6 Å². The Bertz CT molecular complexity index is 1400. The zero-order valence-corrected chi connectivity index (χ0v) is 30.1. The normalized spacial score (nSPS) is 17.6. The van der Waals surface area contributed by atoms with Gasteiger partial charge in [-0.25, -0.2) is 35.8 Å². The molecule has 0 saturated heterocycles. The largest absolute Gasteiger partial charge is 0.460 e. The molecule has 1 aliphatic carbocycles. The zero-order chi connectivity index (χ0) is 37.3. The zero-order valence-electron chi connectivity index (χ0n) is 26.9. The van der Waals surface area contributed by atoms with Crippen LogP contribution in [0, 0.1) is 47.4 Å². The van der Waals surface area contributed by atoms with E-state index in [1.165, 1.54) is 51.5 Å². The Kier molecular flexibility index (Phi) is 16.4. The van der Waals surface area contributed by atoms with E-state index >= 15 is 0 Å². The maximum atomic E-state index is 13.8. The number of ether oxygens (including phenoxy) is 1. The number of carbonyl (C=O) groups excluding carboxylic acids is 3. The third-order valence-corrected chi connectivity index (χ3v) is 9.01. The Labute approximate surface area is 290 Å². The molecule has 0 spiro atoms. The van der Waals surface area contributed by atoms with Crippen molar-refractivity contribution in [2.45, 2.75) is 47.4 Å². The molecule has 0 aliphatic heterocycles. The van der Waals surface area contributed by atoms with Gasteiger partial charge in [-0.1, -0.05) is 41.8 Å². The number of hydrogen-bond donors (Lipinski definition) is 0. The number of nitrogens with zero attached hydrogens (tertiary/aromatic N) is 4. The maximum Gasteiger partial charge on any atom is 0.447 e. The van der Waals surface area contributed by atoms with Gasteiger partial charge in [0.25, 0.3) is 0 Å². The molecule has 0 radical (unpaired) electrons. The predicted octanol–water partition coefficient (Wildman–Crippen LogP) is 8.63. The first-order valence-corrected chi connectivity index (χ1v) is 16.8. The molecule has 21 heteroatoms. The number of benzene rings is 1. The Hall–Kier alpha value is -2.84. The second-order valence-corrected chi connectivity index (χ2v) is 13.9. The van der Waals surface area contributed by atoms with E-state index in [1.54, 1.807) is 13.8 Å². The molecule has 0 N–H and O–H groups in total. The van der Waals surface area contributed by atoms with Gasteiger partial charge in [0.2, 0.25) is 0 Å². The highest BCUT2D eigenvalue weighted by atomic mass is 35.5. The van der Waals surface area contributed by atoms with Crippen LogP contribution < -0.4 is 0 Å². The van der Waals surface area contributed by atoms with Crippen LogP contribution in [0.3, 0.4) is 0 Å². The van der Waals surface area contributed by atoms with E-state index in [4.69, 9.17) is 16.3 Å². The van der Waals surface area contributed by atoms with Gasteiger partial charge in [0.15, 0.2) is 23.3 Å². The first-order valence-electron chi connectivity index (χ1n) is 13.2. The second-order valence-electron chi connectivity index (χ2n) is 10.2. The van der Waals surface area contributed by atoms with Crippen molar-refractivity contribution in [3.05, 3.63) is 45.5 Å². The number of allylic oxidation sites excluding steroid dienone is 2. The third-order valence-electron chi connectivity index (χ3n) is 6.55. The number of carbonyl (C=O) groups is 3. The van der Waals surface area contributed by atoms with Crippen LogP contribution in [0.1, 0.15) is 38.8 Å². The molecule has 1 aromatic carbocycles. The van der Waals surface area contributed by atoms with Crippen molar-refractivity contribution < 1.29 is 59.5 Å². The van der Waals surface area contributed by atoms with Crippen LogP contribution in [0.5, 0.6) is 0 Å². The van der Waals surface area contributed by atoms with E-state index in [1.807, 2.05) is 12.5 Å². The number of thioether (sulfide) groups is 2. The lowest BCUT2D eigenvalue weighted by molar-refractivity contribution is -0.147. The Morgan fingerprint density at radius 2 is 1.31 bits per heavy atom. The van der Waals surface area contributed by atoms with Crippen molar-refractivity contribution in [1.82, 2.24) is 8.61 Å². The SMILES string of the molecule is CS/C(C)=N\OC(=O)N(C)SN(C)C(=O)O/N=C(/C)SC.Cc1c(F)c(F)c(COC(=O)C2C(/C=C(\Cl)C(F)(F)F)C2(C)C)c(F)c1F. The van der Waals surface area contributed by atoms with Crippen molar-refractivity contribution in [3.8, 4) is 0 Å². The Morgan fingerprint density at radius 3 is 1.69 bits per heavy atom. The smallest absolute Gasteiger partial charge is 0.447 e. The van der Waals surface area contributed by atoms with Crippen LogP contribution in [-0.2, 0) is 25.8 Å². The van der Waals surface area contributed by atoms with Gasteiger partial charge < -0.3 is 4.74 Å². The first kappa shape index (κ1) is 43.2. The Balaban J connectivity index is 0.000000498. The van der Waals surface area contributed by atoms with Crippen LogP contribution >= 0.6 is 47.3 Å². The Morgan fingerprint density at radius 1 is 0.896 bits per heavy atom. The number of esters is 1. The van der Waals surface area contributed by atoms with Gasteiger partial charge in [-0.15, -0.1) is 23.5 Å². The topological polar surface area (TPSA) is 110 Å². The number of halogens is 8. The lowest BCUT2D eigenvalue weighted by atomic mass is 10.1. The van der Waals surface area contributed by atoms with Crippen molar-refractivity contribution in [3.63, 3.8) is 0 Å². The van der Waals surface area contributed by atoms with Crippen molar-refractivity contribution >= 4 is 75.5 Å². The van der Waals surface area contributed by atoms with Crippen LogP contribution in [0.2, 0.25) is 0 Å². The van der Waals surface area contributed by atoms with E-state index in [2.05, 4.69) is 20.0 Å². The lowest BCUT2D eigenvalue weighted by Gasteiger charge is -2.19. The quantitative estimate of drug-likeness (QED) is 0.0375. The van der Waals surface area contributed by atoms with Gasteiger partial charge in [0.1, 0.15) is 21.7 Å². The second kappa shape index (κ2) is 18.2. The minimum Gasteiger partial charge on any atom is -0.460 e. The van der Waals surface area contributed by atoms with E-state index in [9.17, 15) is 45.1 Å². The third kappa shape index (κ3) is 11.9. The number of alkyl halides is 3. The fourth-order valence-corrected chi connectivity index (χ4v) is 4.41. The van der Waals surface area contributed by atoms with Crippen molar-refractivity contribution in [2.75, 3.05) is 26.6 Å². The molecule has 48 heavy (non-hydrogen) atoms. The maximum absolute atomic E-state index is 13.8. The minimum atomic E-state index is -4.78. The number of amides is 2. The fraction of sp³-hybridized carbons (Fsp3) is 0.519. The predicted molar refractivity (Wildman–Crippen MR) is 171 cm³/mol. The number of hydrogen-bond acceptors (Lipinski definition) is 11. The highest BCUT2D eigenvalue weighted by molar-refractivity contribution is 8.13. The molecule has 1 saturated carbocycles. The molecule has 2 amide bonds. The molecule has 1 aliphatic rings. The number of oxime groups is 2. The monoisotopic (exact) mass is 772 g/mol. The highest BCUT2D eigenvalue weighted by Crippen LogP contribution is 2.60. The van der Waals surface area contributed by atoms with Crippen molar-refractivity contribution in [1.29, 1.82) is 0 Å². The summed E-state index contributed by atoms with van der Waals surface area (Å²) in [7, 11) is 2.88. The van der Waals surface area contributed by atoms with E-state index in [0.717, 1.165) is 27.7 Å². The average molecular weight is 773 g/mol. The van der Waals surface area contributed by atoms with Crippen molar-refractivity contribution in [2.24, 2.45) is 27.6 Å². The van der Waals surface area contributed by atoms with Gasteiger partial charge in [-0.05, 0) is 44.6 Å². The molecular weight excluding hydrogens is 741 g/mol. The summed E-state index contributed by atoms with van der Waals surface area (Å²) in [5.41, 5.74) is -2.93. The molecule has 10 nitrogen and oxygen atoms in total. The summed E-state index contributed by atoms with van der Waals surface area (Å²) in [6, 6.07) is 0. The molecule has 2 unspecified atom stereocenters. The summed E-state index contributed by atoms with van der Waals surface area (Å²) in [6.07, 6.45) is -1.91. The van der Waals surface area contributed by atoms with Crippen LogP contribution in [0.4, 0.5) is 40.3 Å². The molecular formula is C27H32ClF7N4O6S3. The van der Waals surface area contributed by atoms with Gasteiger partial charge in [0.05, 0.1) is 23.6 Å². The van der Waals surface area contributed by atoms with E-state index in [-0.39, 0.29) is 0 Å². The fourth-order valence-electron chi connectivity index (χ4n) is 3.48. The highest BCUT2D eigenvalue weighted by Gasteiger charge is 2.62.